The van der Waals surface area contributed by atoms with Gasteiger partial charge < -0.3 is 9.80 Å². The van der Waals surface area contributed by atoms with E-state index in [9.17, 15) is 0 Å². The maximum atomic E-state index is 8.88. The Kier molecular flexibility index (Phi) is 5.08. The molecule has 3 rings (SSSR count). The normalized spacial score (nSPS) is 15.0. The highest BCUT2D eigenvalue weighted by atomic mass is 15.3. The van der Waals surface area contributed by atoms with Crippen LogP contribution in [0, 0.1) is 11.3 Å². The molecule has 3 heterocycles. The second-order valence-corrected chi connectivity index (χ2v) is 7.63. The zero-order chi connectivity index (χ0) is 18.7. The van der Waals surface area contributed by atoms with Crippen molar-refractivity contribution in [3.8, 4) is 6.07 Å². The molecule has 6 heteroatoms. The summed E-state index contributed by atoms with van der Waals surface area (Å²) in [7, 11) is 0. The molecule has 26 heavy (non-hydrogen) atoms. The van der Waals surface area contributed by atoms with E-state index in [1.165, 1.54) is 0 Å². The van der Waals surface area contributed by atoms with Crippen molar-refractivity contribution in [1.82, 2.24) is 15.0 Å². The van der Waals surface area contributed by atoms with Crippen LogP contribution >= 0.6 is 0 Å². The molecule has 2 aromatic heterocycles. The van der Waals surface area contributed by atoms with Gasteiger partial charge in [-0.3, -0.25) is 0 Å². The highest BCUT2D eigenvalue weighted by Crippen LogP contribution is 2.24. The Hall–Kier alpha value is -2.68. The van der Waals surface area contributed by atoms with Crippen molar-refractivity contribution in [2.45, 2.75) is 39.5 Å². The summed E-state index contributed by atoms with van der Waals surface area (Å²) < 4.78 is 0. The van der Waals surface area contributed by atoms with Crippen LogP contribution in [0.25, 0.3) is 0 Å². The maximum Gasteiger partial charge on any atom is 0.140 e. The number of anilines is 2. The first-order valence-corrected chi connectivity index (χ1v) is 9.15. The Bertz CT molecular complexity index is 793. The van der Waals surface area contributed by atoms with Crippen LogP contribution in [0.3, 0.4) is 0 Å². The van der Waals surface area contributed by atoms with Crippen molar-refractivity contribution >= 4 is 11.5 Å². The Balaban J connectivity index is 1.74. The number of rotatable bonds is 3. The zero-order valence-corrected chi connectivity index (χ0v) is 16.0. The van der Waals surface area contributed by atoms with Gasteiger partial charge in [-0.25, -0.2) is 15.0 Å². The van der Waals surface area contributed by atoms with E-state index in [-0.39, 0.29) is 5.41 Å². The van der Waals surface area contributed by atoms with Crippen molar-refractivity contribution in [3.05, 3.63) is 41.6 Å². The van der Waals surface area contributed by atoms with Gasteiger partial charge in [-0.15, -0.1) is 0 Å². The van der Waals surface area contributed by atoms with Crippen LogP contribution in [-0.4, -0.2) is 41.1 Å². The lowest BCUT2D eigenvalue weighted by Crippen LogP contribution is -2.47. The number of pyridine rings is 1. The Morgan fingerprint density at radius 1 is 1.08 bits per heavy atom. The summed E-state index contributed by atoms with van der Waals surface area (Å²) in [5.41, 5.74) is 2.56. The minimum atomic E-state index is -0.0596. The van der Waals surface area contributed by atoms with Gasteiger partial charge in [0.05, 0.1) is 11.9 Å². The highest BCUT2D eigenvalue weighted by molar-refractivity contribution is 5.49. The third-order valence-corrected chi connectivity index (χ3v) is 4.63. The molecular formula is C20H26N6. The summed E-state index contributed by atoms with van der Waals surface area (Å²) in [6.07, 6.45) is 2.70. The van der Waals surface area contributed by atoms with Crippen LogP contribution in [-0.2, 0) is 11.8 Å². The van der Waals surface area contributed by atoms with Gasteiger partial charge in [-0.2, -0.15) is 5.26 Å². The molecule has 0 atom stereocenters. The molecule has 6 nitrogen and oxygen atoms in total. The Morgan fingerprint density at radius 2 is 1.77 bits per heavy atom. The number of hydrogen-bond acceptors (Lipinski definition) is 6. The molecule has 0 saturated carbocycles. The minimum absolute atomic E-state index is 0.0596. The molecule has 0 N–H and O–H groups in total. The molecule has 2 aromatic rings. The molecule has 0 bridgehead atoms. The summed E-state index contributed by atoms with van der Waals surface area (Å²) >= 11 is 0. The number of nitrogens with zero attached hydrogens (tertiary/aromatic N) is 6. The van der Waals surface area contributed by atoms with Gasteiger partial charge in [-0.05, 0) is 18.6 Å². The molecule has 1 saturated heterocycles. The van der Waals surface area contributed by atoms with E-state index < -0.39 is 0 Å². The van der Waals surface area contributed by atoms with Crippen molar-refractivity contribution in [2.75, 3.05) is 36.0 Å². The predicted molar refractivity (Wildman–Crippen MR) is 103 cm³/mol. The van der Waals surface area contributed by atoms with E-state index in [2.05, 4.69) is 54.6 Å². The SMILES string of the molecule is CCc1cc(N2CCN(c3ccc(C#N)nc3)CC2)nc(C(C)(C)C)n1. The molecule has 136 valence electrons. The Morgan fingerprint density at radius 3 is 2.31 bits per heavy atom. The lowest BCUT2D eigenvalue weighted by atomic mass is 9.95. The number of aromatic nitrogens is 3. The number of hydrogen-bond donors (Lipinski definition) is 0. The summed E-state index contributed by atoms with van der Waals surface area (Å²) in [5, 5.41) is 8.88. The van der Waals surface area contributed by atoms with E-state index in [1.807, 2.05) is 6.07 Å². The summed E-state index contributed by atoms with van der Waals surface area (Å²) in [6, 6.07) is 7.93. The monoisotopic (exact) mass is 350 g/mol. The fourth-order valence-corrected chi connectivity index (χ4v) is 2.99. The standard InChI is InChI=1S/C20H26N6/c1-5-15-12-18(24-19(23-15)20(2,3)4)26-10-8-25(9-11-26)17-7-6-16(13-21)22-14-17/h6-7,12,14H,5,8-11H2,1-4H3. The first-order chi connectivity index (χ1) is 12.4. The van der Waals surface area contributed by atoms with E-state index in [1.54, 1.807) is 12.3 Å². The van der Waals surface area contributed by atoms with Crippen molar-refractivity contribution < 1.29 is 0 Å². The summed E-state index contributed by atoms with van der Waals surface area (Å²) in [4.78, 5) is 18.4. The van der Waals surface area contributed by atoms with Crippen molar-refractivity contribution in [3.63, 3.8) is 0 Å². The quantitative estimate of drug-likeness (QED) is 0.848. The van der Waals surface area contributed by atoms with E-state index in [0.717, 1.165) is 55.6 Å². The third kappa shape index (κ3) is 3.93. The predicted octanol–water partition coefficient (Wildman–Crippen LogP) is 2.93. The number of piperazine rings is 1. The van der Waals surface area contributed by atoms with Gasteiger partial charge >= 0.3 is 0 Å². The average molecular weight is 350 g/mol. The smallest absolute Gasteiger partial charge is 0.140 e. The van der Waals surface area contributed by atoms with Crippen molar-refractivity contribution in [1.29, 1.82) is 5.26 Å². The fraction of sp³-hybridized carbons (Fsp3) is 0.500. The highest BCUT2D eigenvalue weighted by Gasteiger charge is 2.23. The van der Waals surface area contributed by atoms with E-state index in [4.69, 9.17) is 15.2 Å². The van der Waals surface area contributed by atoms with E-state index in [0.29, 0.717) is 5.69 Å². The molecule has 0 amide bonds. The average Bonchev–Trinajstić information content (AvgIpc) is 2.67. The van der Waals surface area contributed by atoms with Gasteiger partial charge in [0, 0.05) is 43.4 Å². The second-order valence-electron chi connectivity index (χ2n) is 7.63. The molecule has 1 fully saturated rings. The van der Waals surface area contributed by atoms with Crippen LogP contribution in [0.2, 0.25) is 0 Å². The number of nitriles is 1. The fourth-order valence-electron chi connectivity index (χ4n) is 2.99. The van der Waals surface area contributed by atoms with Gasteiger partial charge in [0.1, 0.15) is 23.4 Å². The van der Waals surface area contributed by atoms with E-state index >= 15 is 0 Å². The zero-order valence-electron chi connectivity index (χ0n) is 16.0. The first-order valence-electron chi connectivity index (χ1n) is 9.15. The first kappa shape index (κ1) is 18.1. The lowest BCUT2D eigenvalue weighted by molar-refractivity contribution is 0.538. The molecule has 0 radical (unpaired) electrons. The van der Waals surface area contributed by atoms with Crippen LogP contribution in [0.1, 0.15) is 44.9 Å². The van der Waals surface area contributed by atoms with Gasteiger partial charge in [-0.1, -0.05) is 27.7 Å². The maximum absolute atomic E-state index is 8.88. The Labute approximate surface area is 155 Å². The number of aryl methyl sites for hydroxylation is 1. The minimum Gasteiger partial charge on any atom is -0.367 e. The third-order valence-electron chi connectivity index (χ3n) is 4.63. The second kappa shape index (κ2) is 7.28. The molecule has 0 spiro atoms. The van der Waals surface area contributed by atoms with Gasteiger partial charge in [0.2, 0.25) is 0 Å². The van der Waals surface area contributed by atoms with Crippen molar-refractivity contribution in [2.24, 2.45) is 0 Å². The molecule has 1 aliphatic heterocycles. The van der Waals surface area contributed by atoms with Crippen LogP contribution in [0.5, 0.6) is 0 Å². The van der Waals surface area contributed by atoms with Gasteiger partial charge in [0.15, 0.2) is 0 Å². The molecule has 1 aliphatic rings. The lowest BCUT2D eigenvalue weighted by Gasteiger charge is -2.37. The van der Waals surface area contributed by atoms with Crippen LogP contribution in [0.15, 0.2) is 24.4 Å². The molecule has 0 aromatic carbocycles. The van der Waals surface area contributed by atoms with Crippen LogP contribution < -0.4 is 9.80 Å². The van der Waals surface area contributed by atoms with Gasteiger partial charge in [0.25, 0.3) is 0 Å². The topological polar surface area (TPSA) is 68.9 Å². The molecule has 0 aliphatic carbocycles. The van der Waals surface area contributed by atoms with Crippen LogP contribution in [0.4, 0.5) is 11.5 Å². The largest absolute Gasteiger partial charge is 0.367 e. The summed E-state index contributed by atoms with van der Waals surface area (Å²) in [6.45, 7) is 12.2. The molecule has 0 unspecified atom stereocenters. The molecular weight excluding hydrogens is 324 g/mol. The summed E-state index contributed by atoms with van der Waals surface area (Å²) in [5.74, 6) is 1.94.